The number of anilines is 1. The first-order chi connectivity index (χ1) is 15.4. The largest absolute Gasteiger partial charge is 0.357 e. The van der Waals surface area contributed by atoms with Gasteiger partial charge < -0.3 is 4.90 Å². The number of aryl methyl sites for hydroxylation is 1. The van der Waals surface area contributed by atoms with Crippen molar-refractivity contribution in [1.82, 2.24) is 24.7 Å². The molecule has 0 saturated carbocycles. The topological polar surface area (TPSA) is 93.9 Å². The van der Waals surface area contributed by atoms with E-state index in [-0.39, 0.29) is 5.25 Å². The van der Waals surface area contributed by atoms with Gasteiger partial charge >= 0.3 is 0 Å². The SMILES string of the molecule is Cn1cc(-c2ccc3c(-c4ccc(N5CCC(S(C)(=O)=O)CC5)nc4)nccc3n2)cn1. The standard InChI is InChI=1S/C23H24N6O2S/c1-28-15-17(14-26-28)20-5-4-19-21(27-20)7-10-24-23(19)16-3-6-22(25-13-16)29-11-8-18(9-12-29)32(2,30)31/h3-7,10,13-15,18H,8-9,11-12H2,1-2H3. The molecule has 0 aromatic carbocycles. The summed E-state index contributed by atoms with van der Waals surface area (Å²) in [5.41, 5.74) is 4.46. The molecule has 0 radical (unpaired) electrons. The fraction of sp³-hybridized carbons (Fsp3) is 0.304. The van der Waals surface area contributed by atoms with Crippen LogP contribution >= 0.6 is 0 Å². The second kappa shape index (κ2) is 7.98. The molecule has 0 atom stereocenters. The number of pyridine rings is 3. The van der Waals surface area contributed by atoms with Crippen molar-refractivity contribution < 1.29 is 8.42 Å². The lowest BCUT2D eigenvalue weighted by molar-refractivity contribution is 0.532. The maximum Gasteiger partial charge on any atom is 0.150 e. The first-order valence-corrected chi connectivity index (χ1v) is 12.5. The number of fused-ring (bicyclic) bond motifs is 1. The van der Waals surface area contributed by atoms with Gasteiger partial charge in [-0.1, -0.05) is 0 Å². The summed E-state index contributed by atoms with van der Waals surface area (Å²) in [5, 5.41) is 4.94. The van der Waals surface area contributed by atoms with E-state index < -0.39 is 9.84 Å². The van der Waals surface area contributed by atoms with Gasteiger partial charge in [-0.05, 0) is 43.2 Å². The molecule has 5 heterocycles. The Balaban J connectivity index is 1.40. The second-order valence-corrected chi connectivity index (χ2v) is 10.6. The Morgan fingerprint density at radius 3 is 2.44 bits per heavy atom. The molecular weight excluding hydrogens is 424 g/mol. The first kappa shape index (κ1) is 20.6. The minimum atomic E-state index is -2.98. The normalized spacial score (nSPS) is 15.4. The number of piperidine rings is 1. The van der Waals surface area contributed by atoms with Crippen molar-refractivity contribution in [3.63, 3.8) is 0 Å². The van der Waals surface area contributed by atoms with Crippen LogP contribution in [-0.4, -0.2) is 57.7 Å². The number of rotatable bonds is 4. The van der Waals surface area contributed by atoms with E-state index >= 15 is 0 Å². The minimum Gasteiger partial charge on any atom is -0.357 e. The van der Waals surface area contributed by atoms with Crippen molar-refractivity contribution in [2.75, 3.05) is 24.2 Å². The van der Waals surface area contributed by atoms with Gasteiger partial charge in [-0.15, -0.1) is 0 Å². The third kappa shape index (κ3) is 3.95. The molecule has 0 unspecified atom stereocenters. The summed E-state index contributed by atoms with van der Waals surface area (Å²) in [6.07, 6.45) is 9.94. The zero-order valence-corrected chi connectivity index (χ0v) is 18.8. The molecule has 0 N–H and O–H groups in total. The van der Waals surface area contributed by atoms with Gasteiger partial charge in [-0.3, -0.25) is 9.67 Å². The maximum atomic E-state index is 11.8. The Kier molecular flexibility index (Phi) is 5.13. The molecule has 1 aliphatic heterocycles. The van der Waals surface area contributed by atoms with Crippen LogP contribution in [-0.2, 0) is 16.9 Å². The highest BCUT2D eigenvalue weighted by atomic mass is 32.2. The summed E-state index contributed by atoms with van der Waals surface area (Å²) >= 11 is 0. The van der Waals surface area contributed by atoms with Crippen molar-refractivity contribution in [3.8, 4) is 22.5 Å². The van der Waals surface area contributed by atoms with Crippen LogP contribution in [0.2, 0.25) is 0 Å². The number of hydrogen-bond acceptors (Lipinski definition) is 7. The molecule has 1 saturated heterocycles. The van der Waals surface area contributed by atoms with Gasteiger partial charge in [0.1, 0.15) is 15.7 Å². The van der Waals surface area contributed by atoms with Gasteiger partial charge in [-0.2, -0.15) is 5.10 Å². The monoisotopic (exact) mass is 448 g/mol. The van der Waals surface area contributed by atoms with Crippen LogP contribution in [0.4, 0.5) is 5.82 Å². The third-order valence-electron chi connectivity index (χ3n) is 6.01. The highest BCUT2D eigenvalue weighted by molar-refractivity contribution is 7.91. The van der Waals surface area contributed by atoms with E-state index in [0.717, 1.165) is 39.2 Å². The van der Waals surface area contributed by atoms with Crippen LogP contribution in [0, 0.1) is 0 Å². The van der Waals surface area contributed by atoms with Crippen LogP contribution < -0.4 is 4.90 Å². The molecule has 1 fully saturated rings. The summed E-state index contributed by atoms with van der Waals surface area (Å²) in [6.45, 7) is 1.38. The minimum absolute atomic E-state index is 0.248. The van der Waals surface area contributed by atoms with E-state index in [1.165, 1.54) is 6.26 Å². The average Bonchev–Trinajstić information content (AvgIpc) is 3.24. The summed E-state index contributed by atoms with van der Waals surface area (Å²) in [7, 11) is -1.09. The molecule has 5 rings (SSSR count). The number of sulfone groups is 1. The van der Waals surface area contributed by atoms with Crippen molar-refractivity contribution in [2.24, 2.45) is 7.05 Å². The predicted molar refractivity (Wildman–Crippen MR) is 125 cm³/mol. The molecule has 164 valence electrons. The summed E-state index contributed by atoms with van der Waals surface area (Å²) in [4.78, 5) is 16.2. The summed E-state index contributed by atoms with van der Waals surface area (Å²) < 4.78 is 25.3. The van der Waals surface area contributed by atoms with Crippen molar-refractivity contribution in [3.05, 3.63) is 55.1 Å². The summed E-state index contributed by atoms with van der Waals surface area (Å²) in [6, 6.07) is 9.93. The number of aromatic nitrogens is 5. The van der Waals surface area contributed by atoms with Crippen LogP contribution in [0.5, 0.6) is 0 Å². The molecule has 9 heteroatoms. The van der Waals surface area contributed by atoms with Crippen molar-refractivity contribution >= 4 is 26.6 Å². The smallest absolute Gasteiger partial charge is 0.150 e. The third-order valence-corrected chi connectivity index (χ3v) is 7.69. The van der Waals surface area contributed by atoms with Gasteiger partial charge in [0, 0.05) is 61.5 Å². The summed E-state index contributed by atoms with van der Waals surface area (Å²) in [5.74, 6) is 0.859. The highest BCUT2D eigenvalue weighted by Crippen LogP contribution is 2.29. The van der Waals surface area contributed by atoms with Gasteiger partial charge in [0.2, 0.25) is 0 Å². The second-order valence-electron chi connectivity index (χ2n) is 8.25. The van der Waals surface area contributed by atoms with Gasteiger partial charge in [-0.25, -0.2) is 18.4 Å². The Morgan fingerprint density at radius 1 is 0.969 bits per heavy atom. The van der Waals surface area contributed by atoms with Crippen LogP contribution in [0.1, 0.15) is 12.8 Å². The van der Waals surface area contributed by atoms with E-state index in [1.807, 2.05) is 49.8 Å². The predicted octanol–water partition coefficient (Wildman–Crippen LogP) is 3.11. The molecule has 4 aromatic rings. The molecule has 0 aliphatic carbocycles. The Bertz CT molecular complexity index is 1370. The van der Waals surface area contributed by atoms with E-state index in [1.54, 1.807) is 17.1 Å². The van der Waals surface area contributed by atoms with Crippen molar-refractivity contribution in [2.45, 2.75) is 18.1 Å². The highest BCUT2D eigenvalue weighted by Gasteiger charge is 2.27. The lowest BCUT2D eigenvalue weighted by Crippen LogP contribution is -2.39. The Morgan fingerprint density at radius 2 is 1.78 bits per heavy atom. The zero-order chi connectivity index (χ0) is 22.3. The molecule has 0 amide bonds. The quantitative estimate of drug-likeness (QED) is 0.473. The van der Waals surface area contributed by atoms with Gasteiger partial charge in [0.05, 0.1) is 28.4 Å². The van der Waals surface area contributed by atoms with Gasteiger partial charge in [0.15, 0.2) is 0 Å². The average molecular weight is 449 g/mol. The number of nitrogens with zero attached hydrogens (tertiary/aromatic N) is 6. The molecule has 1 aliphatic rings. The van der Waals surface area contributed by atoms with Crippen LogP contribution in [0.3, 0.4) is 0 Å². The van der Waals surface area contributed by atoms with Gasteiger partial charge in [0.25, 0.3) is 0 Å². The molecule has 8 nitrogen and oxygen atoms in total. The maximum absolute atomic E-state index is 11.8. The van der Waals surface area contributed by atoms with E-state index in [2.05, 4.69) is 20.0 Å². The van der Waals surface area contributed by atoms with Crippen LogP contribution in [0.25, 0.3) is 33.4 Å². The van der Waals surface area contributed by atoms with Crippen LogP contribution in [0.15, 0.2) is 55.1 Å². The Labute approximate surface area is 186 Å². The Hall–Kier alpha value is -3.33. The molecule has 4 aromatic heterocycles. The fourth-order valence-corrected chi connectivity index (χ4v) is 5.29. The lowest BCUT2D eigenvalue weighted by Gasteiger charge is -2.31. The van der Waals surface area contributed by atoms with Crippen molar-refractivity contribution in [1.29, 1.82) is 0 Å². The molecule has 32 heavy (non-hydrogen) atoms. The zero-order valence-electron chi connectivity index (χ0n) is 18.0. The first-order valence-electron chi connectivity index (χ1n) is 10.5. The van der Waals surface area contributed by atoms with E-state index in [4.69, 9.17) is 4.98 Å². The molecule has 0 bridgehead atoms. The van der Waals surface area contributed by atoms with E-state index in [9.17, 15) is 8.42 Å². The lowest BCUT2D eigenvalue weighted by atomic mass is 10.1. The molecule has 0 spiro atoms. The number of hydrogen-bond donors (Lipinski definition) is 0. The van der Waals surface area contributed by atoms with E-state index in [0.29, 0.717) is 25.9 Å². The fourth-order valence-electron chi connectivity index (χ4n) is 4.22. The molecular formula is C23H24N6O2S.